The number of nitriles is 1. The molecule has 1 saturated heterocycles. The standard InChI is InChI=1S/C28H32N6/c1-16(2)26-23-11-19(20-9-21-12-33(8-7-29)13-22(21)10-20)5-6-25(23)31-27(26)24-14-34-15-30-32-28(34)18(4)17(24)3/h5-6,11,14-16,20-22,31H,8-10,12-13H2,1-4H3. The minimum atomic E-state index is 0.401. The molecule has 174 valence electrons. The lowest BCUT2D eigenvalue weighted by Crippen LogP contribution is -2.22. The van der Waals surface area contributed by atoms with Gasteiger partial charge in [-0.05, 0) is 84.7 Å². The van der Waals surface area contributed by atoms with E-state index in [4.69, 9.17) is 5.26 Å². The van der Waals surface area contributed by atoms with E-state index >= 15 is 0 Å². The van der Waals surface area contributed by atoms with Crippen molar-refractivity contribution in [3.8, 4) is 17.3 Å². The third-order valence-corrected chi connectivity index (χ3v) is 8.44. The van der Waals surface area contributed by atoms with Crippen molar-refractivity contribution in [3.05, 3.63) is 53.0 Å². The summed E-state index contributed by atoms with van der Waals surface area (Å²) in [5, 5.41) is 18.8. The zero-order chi connectivity index (χ0) is 23.6. The Labute approximate surface area is 200 Å². The molecule has 1 aliphatic heterocycles. The van der Waals surface area contributed by atoms with Gasteiger partial charge >= 0.3 is 0 Å². The third kappa shape index (κ3) is 3.25. The van der Waals surface area contributed by atoms with E-state index in [1.807, 2.05) is 4.40 Å². The number of aromatic nitrogens is 4. The van der Waals surface area contributed by atoms with Crippen molar-refractivity contribution in [2.24, 2.45) is 11.8 Å². The Balaban J connectivity index is 1.40. The first kappa shape index (κ1) is 21.4. The molecule has 6 heteroatoms. The van der Waals surface area contributed by atoms with Gasteiger partial charge < -0.3 is 4.98 Å². The lowest BCUT2D eigenvalue weighted by atomic mass is 9.90. The fourth-order valence-corrected chi connectivity index (χ4v) is 6.66. The van der Waals surface area contributed by atoms with Crippen LogP contribution in [0.25, 0.3) is 27.8 Å². The molecule has 1 aromatic carbocycles. The van der Waals surface area contributed by atoms with Crippen molar-refractivity contribution in [1.82, 2.24) is 24.5 Å². The molecule has 6 nitrogen and oxygen atoms in total. The second-order valence-electron chi connectivity index (χ2n) is 10.8. The fraction of sp³-hybridized carbons (Fsp3) is 0.464. The number of pyridine rings is 1. The van der Waals surface area contributed by atoms with E-state index in [2.05, 4.69) is 78.2 Å². The van der Waals surface area contributed by atoms with Gasteiger partial charge in [0.1, 0.15) is 6.33 Å². The van der Waals surface area contributed by atoms with Gasteiger partial charge in [-0.3, -0.25) is 9.30 Å². The van der Waals surface area contributed by atoms with Crippen LogP contribution in [0.4, 0.5) is 0 Å². The summed E-state index contributed by atoms with van der Waals surface area (Å²) in [4.78, 5) is 6.11. The summed E-state index contributed by atoms with van der Waals surface area (Å²) in [6.07, 6.45) is 6.44. The number of hydrogen-bond donors (Lipinski definition) is 1. The maximum absolute atomic E-state index is 9.05. The molecule has 4 heterocycles. The SMILES string of the molecule is Cc1c(-c2[nH]c3ccc(C4CC5CN(CC#N)CC5C4)cc3c2C(C)C)cn2cnnc2c1C. The maximum atomic E-state index is 9.05. The number of hydrogen-bond acceptors (Lipinski definition) is 4. The Hall–Kier alpha value is -3.17. The lowest BCUT2D eigenvalue weighted by molar-refractivity contribution is 0.342. The van der Waals surface area contributed by atoms with E-state index in [1.54, 1.807) is 6.33 Å². The van der Waals surface area contributed by atoms with Gasteiger partial charge in [0.25, 0.3) is 0 Å². The Morgan fingerprint density at radius 2 is 1.91 bits per heavy atom. The van der Waals surface area contributed by atoms with Crippen LogP contribution in [-0.4, -0.2) is 44.1 Å². The van der Waals surface area contributed by atoms with E-state index in [9.17, 15) is 0 Å². The summed E-state index contributed by atoms with van der Waals surface area (Å²) in [5.41, 5.74) is 9.86. The molecule has 2 aliphatic rings. The average Bonchev–Trinajstić information content (AvgIpc) is 3.56. The van der Waals surface area contributed by atoms with E-state index < -0.39 is 0 Å². The van der Waals surface area contributed by atoms with Crippen LogP contribution >= 0.6 is 0 Å². The van der Waals surface area contributed by atoms with Crippen molar-refractivity contribution in [1.29, 1.82) is 5.26 Å². The van der Waals surface area contributed by atoms with Crippen LogP contribution in [0.3, 0.4) is 0 Å². The fourth-order valence-electron chi connectivity index (χ4n) is 6.66. The molecule has 0 spiro atoms. The Bertz CT molecular complexity index is 1420. The molecule has 2 unspecified atom stereocenters. The molecule has 1 aliphatic carbocycles. The highest BCUT2D eigenvalue weighted by atomic mass is 15.2. The van der Waals surface area contributed by atoms with Gasteiger partial charge in [0.15, 0.2) is 5.65 Å². The Morgan fingerprint density at radius 3 is 2.62 bits per heavy atom. The number of likely N-dealkylation sites (tertiary alicyclic amines) is 1. The van der Waals surface area contributed by atoms with Crippen LogP contribution in [0.1, 0.15) is 60.8 Å². The van der Waals surface area contributed by atoms with Gasteiger partial charge in [-0.15, -0.1) is 10.2 Å². The summed E-state index contributed by atoms with van der Waals surface area (Å²) in [7, 11) is 0. The number of rotatable bonds is 4. The predicted octanol–water partition coefficient (Wildman–Crippen LogP) is 5.57. The second kappa shape index (κ2) is 7.95. The van der Waals surface area contributed by atoms with Crippen LogP contribution in [0, 0.1) is 37.0 Å². The first-order valence-corrected chi connectivity index (χ1v) is 12.5. The first-order valence-electron chi connectivity index (χ1n) is 12.5. The largest absolute Gasteiger partial charge is 0.354 e. The quantitative estimate of drug-likeness (QED) is 0.411. The molecule has 0 amide bonds. The number of nitrogens with one attached hydrogen (secondary N) is 1. The lowest BCUT2D eigenvalue weighted by Gasteiger charge is -2.17. The molecule has 0 radical (unpaired) electrons. The van der Waals surface area contributed by atoms with Crippen molar-refractivity contribution in [2.45, 2.75) is 52.4 Å². The monoisotopic (exact) mass is 452 g/mol. The van der Waals surface area contributed by atoms with Gasteiger partial charge in [-0.1, -0.05) is 19.9 Å². The number of aromatic amines is 1. The summed E-state index contributed by atoms with van der Waals surface area (Å²) in [6, 6.07) is 9.41. The number of aryl methyl sites for hydroxylation is 1. The third-order valence-electron chi connectivity index (χ3n) is 8.44. The van der Waals surface area contributed by atoms with Crippen molar-refractivity contribution >= 4 is 16.6 Å². The number of H-pyrrole nitrogens is 1. The summed E-state index contributed by atoms with van der Waals surface area (Å²) in [6.45, 7) is 11.7. The topological polar surface area (TPSA) is 73.0 Å². The van der Waals surface area contributed by atoms with Gasteiger partial charge in [0.2, 0.25) is 0 Å². The zero-order valence-corrected chi connectivity index (χ0v) is 20.5. The molecular weight excluding hydrogens is 420 g/mol. The normalized spacial score (nSPS) is 22.8. The van der Waals surface area contributed by atoms with Crippen LogP contribution in [0.2, 0.25) is 0 Å². The van der Waals surface area contributed by atoms with E-state index in [0.717, 1.165) is 30.6 Å². The Morgan fingerprint density at radius 1 is 1.15 bits per heavy atom. The highest BCUT2D eigenvalue weighted by Gasteiger charge is 2.41. The van der Waals surface area contributed by atoms with Gasteiger partial charge in [-0.2, -0.15) is 5.26 Å². The van der Waals surface area contributed by atoms with Crippen molar-refractivity contribution in [2.75, 3.05) is 19.6 Å². The minimum Gasteiger partial charge on any atom is -0.354 e. The molecule has 0 bridgehead atoms. The smallest absolute Gasteiger partial charge is 0.163 e. The summed E-state index contributed by atoms with van der Waals surface area (Å²) in [5.74, 6) is 2.50. The second-order valence-corrected chi connectivity index (χ2v) is 10.8. The minimum absolute atomic E-state index is 0.401. The molecule has 3 aromatic heterocycles. The van der Waals surface area contributed by atoms with E-state index in [-0.39, 0.29) is 0 Å². The molecule has 2 fully saturated rings. The molecule has 2 atom stereocenters. The number of nitrogens with zero attached hydrogens (tertiary/aromatic N) is 5. The van der Waals surface area contributed by atoms with Crippen molar-refractivity contribution in [3.63, 3.8) is 0 Å². The first-order chi connectivity index (χ1) is 16.4. The molecular formula is C28H32N6. The highest BCUT2D eigenvalue weighted by molar-refractivity contribution is 5.92. The molecule has 1 N–H and O–H groups in total. The molecule has 34 heavy (non-hydrogen) atoms. The van der Waals surface area contributed by atoms with Crippen LogP contribution in [-0.2, 0) is 0 Å². The van der Waals surface area contributed by atoms with Gasteiger partial charge in [-0.25, -0.2) is 0 Å². The number of benzene rings is 1. The zero-order valence-electron chi connectivity index (χ0n) is 20.5. The van der Waals surface area contributed by atoms with Gasteiger partial charge in [0, 0.05) is 35.8 Å². The van der Waals surface area contributed by atoms with E-state index in [1.165, 1.54) is 57.3 Å². The van der Waals surface area contributed by atoms with Gasteiger partial charge in [0.05, 0.1) is 18.3 Å². The molecule has 6 rings (SSSR count). The van der Waals surface area contributed by atoms with Crippen LogP contribution in [0.15, 0.2) is 30.7 Å². The average molecular weight is 453 g/mol. The number of fused-ring (bicyclic) bond motifs is 3. The maximum Gasteiger partial charge on any atom is 0.163 e. The van der Waals surface area contributed by atoms with E-state index in [0.29, 0.717) is 18.4 Å². The van der Waals surface area contributed by atoms with Crippen LogP contribution in [0.5, 0.6) is 0 Å². The molecule has 4 aromatic rings. The highest BCUT2D eigenvalue weighted by Crippen LogP contribution is 2.47. The summed E-state index contributed by atoms with van der Waals surface area (Å²) >= 11 is 0. The van der Waals surface area contributed by atoms with Crippen LogP contribution < -0.4 is 0 Å². The predicted molar refractivity (Wildman–Crippen MR) is 135 cm³/mol. The Kier molecular flexibility index (Phi) is 5.00. The molecule has 1 saturated carbocycles. The summed E-state index contributed by atoms with van der Waals surface area (Å²) < 4.78 is 2.03. The van der Waals surface area contributed by atoms with Crippen molar-refractivity contribution < 1.29 is 0 Å².